The lowest BCUT2D eigenvalue weighted by atomic mass is 10.1. The van der Waals surface area contributed by atoms with E-state index in [1.807, 2.05) is 0 Å². The molecule has 0 rings (SSSR count). The Labute approximate surface area is 115 Å². The van der Waals surface area contributed by atoms with Crippen LogP contribution in [0.4, 0.5) is 0 Å². The summed E-state index contributed by atoms with van der Waals surface area (Å²) >= 11 is 0. The number of carboxylic acids is 1. The number of hydrogen-bond donors (Lipinski definition) is 1. The van der Waals surface area contributed by atoms with Crippen molar-refractivity contribution in [2.24, 2.45) is 0 Å². The minimum atomic E-state index is -1.16. The molecule has 19 heavy (non-hydrogen) atoms. The topological polar surface area (TPSA) is 63.6 Å². The second-order valence-corrected chi connectivity index (χ2v) is 4.39. The molecular formula is C15H24O4. The minimum absolute atomic E-state index is 0.668. The Kier molecular flexibility index (Phi) is 11.8. The monoisotopic (exact) mass is 268 g/mol. The summed E-state index contributed by atoms with van der Waals surface area (Å²) in [6.45, 7) is 2.21. The zero-order chi connectivity index (χ0) is 14.3. The van der Waals surface area contributed by atoms with Gasteiger partial charge in [-0.2, -0.15) is 0 Å². The van der Waals surface area contributed by atoms with Crippen LogP contribution in [0.5, 0.6) is 0 Å². The van der Waals surface area contributed by atoms with Gasteiger partial charge in [0.05, 0.1) is 6.26 Å². The van der Waals surface area contributed by atoms with Gasteiger partial charge in [-0.1, -0.05) is 45.4 Å². The number of aliphatic carboxylic acids is 1. The zero-order valence-corrected chi connectivity index (χ0v) is 11.6. The number of carboxylic acid groups (broad SMARTS) is 1. The summed E-state index contributed by atoms with van der Waals surface area (Å²) in [5.74, 6) is -1.83. The summed E-state index contributed by atoms with van der Waals surface area (Å²) < 4.78 is 4.68. The summed E-state index contributed by atoms with van der Waals surface area (Å²) in [5.41, 5.74) is 0. The van der Waals surface area contributed by atoms with Crippen molar-refractivity contribution in [3.05, 3.63) is 24.5 Å². The average Bonchev–Trinajstić information content (AvgIpc) is 2.38. The molecule has 4 nitrogen and oxygen atoms in total. The highest BCUT2D eigenvalue weighted by molar-refractivity contribution is 5.90. The van der Waals surface area contributed by atoms with Gasteiger partial charge in [-0.05, 0) is 18.9 Å². The van der Waals surface area contributed by atoms with Crippen molar-refractivity contribution < 1.29 is 19.4 Å². The fraction of sp³-hybridized carbons (Fsp3) is 0.600. The van der Waals surface area contributed by atoms with Crippen LogP contribution in [0.15, 0.2) is 24.5 Å². The lowest BCUT2D eigenvalue weighted by Gasteiger charge is -1.98. The lowest BCUT2D eigenvalue weighted by molar-refractivity contribution is -0.134. The van der Waals surface area contributed by atoms with Crippen molar-refractivity contribution in [1.82, 2.24) is 0 Å². The van der Waals surface area contributed by atoms with E-state index in [0.717, 1.165) is 25.0 Å². The lowest BCUT2D eigenvalue weighted by Crippen LogP contribution is -1.96. The highest BCUT2D eigenvalue weighted by Crippen LogP contribution is 2.08. The predicted octanol–water partition coefficient (Wildman–Crippen LogP) is 3.82. The number of unbranched alkanes of at least 4 members (excludes halogenated alkanes) is 7. The molecular weight excluding hydrogens is 244 g/mol. The fourth-order valence-electron chi connectivity index (χ4n) is 1.58. The van der Waals surface area contributed by atoms with Gasteiger partial charge in [0.15, 0.2) is 0 Å². The maximum Gasteiger partial charge on any atom is 0.335 e. The third-order valence-electron chi connectivity index (χ3n) is 2.62. The van der Waals surface area contributed by atoms with E-state index < -0.39 is 11.9 Å². The smallest absolute Gasteiger partial charge is 0.335 e. The van der Waals surface area contributed by atoms with E-state index in [1.54, 1.807) is 6.08 Å². The molecule has 0 aliphatic rings. The van der Waals surface area contributed by atoms with Gasteiger partial charge in [0.2, 0.25) is 0 Å². The molecule has 0 bridgehead atoms. The van der Waals surface area contributed by atoms with Crippen LogP contribution < -0.4 is 0 Å². The molecule has 0 spiro atoms. The van der Waals surface area contributed by atoms with Gasteiger partial charge >= 0.3 is 11.9 Å². The molecule has 0 aromatic rings. The molecule has 0 unspecified atom stereocenters. The van der Waals surface area contributed by atoms with Crippen LogP contribution in [0.1, 0.15) is 58.3 Å². The second kappa shape index (κ2) is 12.9. The van der Waals surface area contributed by atoms with Crippen molar-refractivity contribution in [2.45, 2.75) is 58.3 Å². The normalized spacial score (nSPS) is 11.2. The molecule has 4 heteroatoms. The molecule has 0 aromatic heterocycles. The minimum Gasteiger partial charge on any atom is -0.478 e. The van der Waals surface area contributed by atoms with Crippen LogP contribution in [0.2, 0.25) is 0 Å². The second-order valence-electron chi connectivity index (χ2n) is 4.39. The average molecular weight is 268 g/mol. The van der Waals surface area contributed by atoms with Crippen LogP contribution in [0.25, 0.3) is 0 Å². The first-order valence-electron chi connectivity index (χ1n) is 6.93. The number of ether oxygens (including phenoxy) is 1. The summed E-state index contributed by atoms with van der Waals surface area (Å²) in [6, 6.07) is 0. The van der Waals surface area contributed by atoms with Gasteiger partial charge in [-0.15, -0.1) is 0 Å². The van der Waals surface area contributed by atoms with E-state index >= 15 is 0 Å². The van der Waals surface area contributed by atoms with E-state index in [4.69, 9.17) is 5.11 Å². The molecule has 0 radical (unpaired) electrons. The fourth-order valence-corrected chi connectivity index (χ4v) is 1.58. The van der Waals surface area contributed by atoms with E-state index in [0.29, 0.717) is 0 Å². The first-order valence-corrected chi connectivity index (χ1v) is 6.93. The third-order valence-corrected chi connectivity index (χ3v) is 2.62. The number of esters is 1. The molecule has 0 amide bonds. The number of carbonyl (C=O) groups excluding carboxylic acids is 1. The Balaban J connectivity index is 3.39. The maximum absolute atomic E-state index is 11.0. The van der Waals surface area contributed by atoms with Gasteiger partial charge in [0, 0.05) is 12.2 Å². The molecule has 0 saturated carbocycles. The zero-order valence-electron chi connectivity index (χ0n) is 11.6. The molecule has 0 fully saturated rings. The van der Waals surface area contributed by atoms with E-state index in [-0.39, 0.29) is 0 Å². The molecule has 0 saturated heterocycles. The van der Waals surface area contributed by atoms with Crippen molar-refractivity contribution in [1.29, 1.82) is 0 Å². The molecule has 0 aromatic carbocycles. The van der Waals surface area contributed by atoms with E-state index in [1.165, 1.54) is 44.8 Å². The van der Waals surface area contributed by atoms with Crippen molar-refractivity contribution in [3.8, 4) is 0 Å². The van der Waals surface area contributed by atoms with E-state index in [9.17, 15) is 9.59 Å². The largest absolute Gasteiger partial charge is 0.478 e. The first-order chi connectivity index (χ1) is 9.16. The van der Waals surface area contributed by atoms with Crippen molar-refractivity contribution in [2.75, 3.05) is 0 Å². The van der Waals surface area contributed by atoms with Gasteiger partial charge < -0.3 is 9.84 Å². The summed E-state index contributed by atoms with van der Waals surface area (Å²) in [5, 5.41) is 8.30. The standard InChI is InChI=1S/C15H24O4/c1-2-3-4-5-6-7-8-9-10-13-19-15(18)12-11-14(16)17/h10-13H,2-9H2,1H3,(H,16,17)/b12-11-,13-10?. The van der Waals surface area contributed by atoms with Crippen LogP contribution in [-0.2, 0) is 14.3 Å². The van der Waals surface area contributed by atoms with E-state index in [2.05, 4.69) is 11.7 Å². The van der Waals surface area contributed by atoms with Crippen LogP contribution in [0.3, 0.4) is 0 Å². The molecule has 0 heterocycles. The Hall–Kier alpha value is -1.58. The van der Waals surface area contributed by atoms with Crippen LogP contribution >= 0.6 is 0 Å². The number of hydrogen-bond acceptors (Lipinski definition) is 3. The highest BCUT2D eigenvalue weighted by atomic mass is 16.5. The van der Waals surface area contributed by atoms with Crippen molar-refractivity contribution >= 4 is 11.9 Å². The molecule has 0 aliphatic heterocycles. The molecule has 1 N–H and O–H groups in total. The molecule has 0 aliphatic carbocycles. The van der Waals surface area contributed by atoms with Gasteiger partial charge in [-0.3, -0.25) is 0 Å². The number of allylic oxidation sites excluding steroid dienone is 1. The number of carbonyl (C=O) groups is 2. The maximum atomic E-state index is 11.0. The first kappa shape index (κ1) is 17.4. The van der Waals surface area contributed by atoms with Crippen molar-refractivity contribution in [3.63, 3.8) is 0 Å². The Morgan fingerprint density at radius 2 is 1.63 bits per heavy atom. The van der Waals surface area contributed by atoms with Crippen LogP contribution in [-0.4, -0.2) is 17.0 Å². The Morgan fingerprint density at radius 1 is 1.00 bits per heavy atom. The molecule has 108 valence electrons. The summed E-state index contributed by atoms with van der Waals surface area (Å²) in [7, 11) is 0. The summed E-state index contributed by atoms with van der Waals surface area (Å²) in [6.07, 6.45) is 14.4. The van der Waals surface area contributed by atoms with Gasteiger partial charge in [0.25, 0.3) is 0 Å². The Morgan fingerprint density at radius 3 is 2.26 bits per heavy atom. The highest BCUT2D eigenvalue weighted by Gasteiger charge is 1.94. The SMILES string of the molecule is CCCCCCCCCC=COC(=O)/C=C\C(=O)O. The quantitative estimate of drug-likeness (QED) is 0.268. The Bertz CT molecular complexity index is 305. The van der Waals surface area contributed by atoms with Gasteiger partial charge in [0.1, 0.15) is 0 Å². The number of rotatable bonds is 11. The third kappa shape index (κ3) is 14.4. The van der Waals surface area contributed by atoms with Gasteiger partial charge in [-0.25, -0.2) is 9.59 Å². The predicted molar refractivity (Wildman–Crippen MR) is 74.6 cm³/mol. The van der Waals surface area contributed by atoms with Crippen LogP contribution in [0, 0.1) is 0 Å². The molecule has 0 atom stereocenters. The summed E-state index contributed by atoms with van der Waals surface area (Å²) in [4.78, 5) is 21.1.